The lowest BCUT2D eigenvalue weighted by atomic mass is 10.0. The molecule has 43 heavy (non-hydrogen) atoms. The number of fused-ring (bicyclic) bond motifs is 1. The van der Waals surface area contributed by atoms with Crippen molar-refractivity contribution in [3.63, 3.8) is 0 Å². The van der Waals surface area contributed by atoms with Gasteiger partial charge in [-0.15, -0.1) is 0 Å². The number of piperazine rings is 1. The normalized spacial score (nSPS) is 16.4. The fraction of sp³-hybridized carbons (Fsp3) is 0.364. The van der Waals surface area contributed by atoms with E-state index in [-0.39, 0.29) is 17.7 Å². The van der Waals surface area contributed by atoms with Gasteiger partial charge in [0.1, 0.15) is 0 Å². The van der Waals surface area contributed by atoms with Gasteiger partial charge in [0, 0.05) is 74.0 Å². The molecule has 5 rings (SSSR count). The molecule has 0 aliphatic carbocycles. The van der Waals surface area contributed by atoms with Gasteiger partial charge in [-0.05, 0) is 76.5 Å². The van der Waals surface area contributed by atoms with E-state index in [9.17, 15) is 14.4 Å². The molecule has 10 nitrogen and oxygen atoms in total. The Hall–Kier alpha value is -4.25. The van der Waals surface area contributed by atoms with Gasteiger partial charge < -0.3 is 30.7 Å². The van der Waals surface area contributed by atoms with E-state index in [1.165, 1.54) is 5.56 Å². The van der Waals surface area contributed by atoms with Crippen LogP contribution >= 0.6 is 0 Å². The molecule has 0 radical (unpaired) electrons. The number of hydrogen-bond acceptors (Lipinski definition) is 6. The molecule has 0 unspecified atom stereocenters. The van der Waals surface area contributed by atoms with E-state index in [1.54, 1.807) is 18.2 Å². The summed E-state index contributed by atoms with van der Waals surface area (Å²) in [4.78, 5) is 48.8. The first kappa shape index (κ1) is 30.2. The first-order chi connectivity index (χ1) is 20.6. The lowest BCUT2D eigenvalue weighted by molar-refractivity contribution is -0.110. The van der Waals surface area contributed by atoms with Gasteiger partial charge in [-0.2, -0.15) is 0 Å². The molecule has 2 aliphatic rings. The number of carbonyl (C=O) groups excluding carboxylic acids is 3. The summed E-state index contributed by atoms with van der Waals surface area (Å²) in [5.41, 5.74) is 7.04. The number of carbonyl (C=O) groups is 3. The van der Waals surface area contributed by atoms with Crippen LogP contribution in [0.15, 0.2) is 42.5 Å². The highest BCUT2D eigenvalue weighted by atomic mass is 16.2. The van der Waals surface area contributed by atoms with Crippen molar-refractivity contribution in [2.45, 2.75) is 20.4 Å². The maximum Gasteiger partial charge on any atom is 0.256 e. The predicted molar refractivity (Wildman–Crippen MR) is 171 cm³/mol. The van der Waals surface area contributed by atoms with Crippen molar-refractivity contribution in [3.8, 4) is 0 Å². The number of likely N-dealkylation sites (N-methyl/N-ethyl adjacent to an activating group) is 2. The number of hydrogen-bond donors (Lipinski definition) is 4. The number of nitrogens with zero attached hydrogens (tertiary/aromatic N) is 3. The number of aryl methyl sites for hydroxylation is 1. The Kier molecular flexibility index (Phi) is 9.10. The van der Waals surface area contributed by atoms with E-state index >= 15 is 0 Å². The van der Waals surface area contributed by atoms with Crippen LogP contribution < -0.4 is 16.0 Å². The van der Waals surface area contributed by atoms with Crippen LogP contribution in [0.4, 0.5) is 11.4 Å². The molecule has 226 valence electrons. The predicted octanol–water partition coefficient (Wildman–Crippen LogP) is 3.42. The monoisotopic (exact) mass is 583 g/mol. The number of aromatic nitrogens is 1. The molecule has 1 aromatic heterocycles. The Balaban J connectivity index is 1.25. The average molecular weight is 584 g/mol. The fourth-order valence-electron chi connectivity index (χ4n) is 5.53. The van der Waals surface area contributed by atoms with Crippen LogP contribution in [-0.4, -0.2) is 97.8 Å². The highest BCUT2D eigenvalue weighted by Crippen LogP contribution is 2.36. The number of amides is 3. The van der Waals surface area contributed by atoms with Crippen LogP contribution in [0.5, 0.6) is 0 Å². The van der Waals surface area contributed by atoms with E-state index in [1.807, 2.05) is 63.2 Å². The molecule has 3 aromatic rings. The molecule has 3 amide bonds. The van der Waals surface area contributed by atoms with Gasteiger partial charge in [0.15, 0.2) is 0 Å². The highest BCUT2D eigenvalue weighted by Gasteiger charge is 2.26. The van der Waals surface area contributed by atoms with Gasteiger partial charge >= 0.3 is 0 Å². The second-order valence-electron chi connectivity index (χ2n) is 11.7. The van der Waals surface area contributed by atoms with Crippen molar-refractivity contribution in [1.82, 2.24) is 25.0 Å². The number of benzene rings is 2. The summed E-state index contributed by atoms with van der Waals surface area (Å²) in [6, 6.07) is 13.1. The average Bonchev–Trinajstić information content (AvgIpc) is 3.43. The first-order valence-electron chi connectivity index (χ1n) is 14.7. The van der Waals surface area contributed by atoms with Crippen LogP contribution in [-0.2, 0) is 11.3 Å². The lowest BCUT2D eigenvalue weighted by Crippen LogP contribution is -2.43. The summed E-state index contributed by atoms with van der Waals surface area (Å²) >= 11 is 0. The molecule has 2 aliphatic heterocycles. The summed E-state index contributed by atoms with van der Waals surface area (Å²) in [7, 11) is 6.06. The first-order valence-corrected chi connectivity index (χ1v) is 14.7. The van der Waals surface area contributed by atoms with Crippen LogP contribution in [0, 0.1) is 13.8 Å². The number of aromatic amines is 1. The third-order valence-electron chi connectivity index (χ3n) is 8.12. The number of nitrogens with one attached hydrogen (secondary N) is 4. The van der Waals surface area contributed by atoms with Crippen molar-refractivity contribution in [1.29, 1.82) is 0 Å². The molecule has 2 aromatic carbocycles. The molecule has 0 saturated carbocycles. The third-order valence-corrected chi connectivity index (χ3v) is 8.12. The van der Waals surface area contributed by atoms with E-state index in [2.05, 4.69) is 37.8 Å². The zero-order valence-corrected chi connectivity index (χ0v) is 25.6. The molecule has 3 heterocycles. The van der Waals surface area contributed by atoms with Gasteiger partial charge in [0.05, 0.1) is 16.8 Å². The second-order valence-corrected chi connectivity index (χ2v) is 11.7. The summed E-state index contributed by atoms with van der Waals surface area (Å²) in [6.45, 7) is 10.1. The Morgan fingerprint density at radius 2 is 1.72 bits per heavy atom. The lowest BCUT2D eigenvalue weighted by Gasteiger charge is -2.32. The molecule has 0 atom stereocenters. The topological polar surface area (TPSA) is 113 Å². The van der Waals surface area contributed by atoms with Crippen LogP contribution in [0.1, 0.15) is 48.8 Å². The standard InChI is InChI=1S/C33H41N7O3/c1-21-28(35-22(2)30(21)33(43)34-12-13-38(3)4)19-27-26-11-10-25(18-29(26)37-32(27)42)36-31(41)24-8-6-23(7-9-24)20-40-16-14-39(5)15-17-40/h6-11,18-19,35H,12-17,20H2,1-5H3,(H,34,43)(H,36,41)(H,37,42). The van der Waals surface area contributed by atoms with Crippen molar-refractivity contribution in [2.24, 2.45) is 0 Å². The zero-order chi connectivity index (χ0) is 30.7. The van der Waals surface area contributed by atoms with Crippen molar-refractivity contribution >= 4 is 40.7 Å². The van der Waals surface area contributed by atoms with E-state index in [0.717, 1.165) is 56.1 Å². The fourth-order valence-corrected chi connectivity index (χ4v) is 5.53. The summed E-state index contributed by atoms with van der Waals surface area (Å²) < 4.78 is 0. The van der Waals surface area contributed by atoms with Crippen molar-refractivity contribution in [2.75, 3.05) is 71.0 Å². The highest BCUT2D eigenvalue weighted by molar-refractivity contribution is 6.35. The van der Waals surface area contributed by atoms with Gasteiger partial charge in [-0.25, -0.2) is 0 Å². The third kappa shape index (κ3) is 7.05. The minimum Gasteiger partial charge on any atom is -0.358 e. The second kappa shape index (κ2) is 12.9. The van der Waals surface area contributed by atoms with E-state index in [0.29, 0.717) is 40.3 Å². The molecule has 0 spiro atoms. The SMILES string of the molecule is Cc1[nH]c(C=C2C(=O)Nc3cc(NC(=O)c4ccc(CN5CCN(C)CC5)cc4)ccc32)c(C)c1C(=O)NCCN(C)C. The smallest absolute Gasteiger partial charge is 0.256 e. The van der Waals surface area contributed by atoms with Gasteiger partial charge in [0.2, 0.25) is 0 Å². The summed E-state index contributed by atoms with van der Waals surface area (Å²) in [5.74, 6) is -0.586. The van der Waals surface area contributed by atoms with E-state index in [4.69, 9.17) is 0 Å². The Morgan fingerprint density at radius 1 is 1.00 bits per heavy atom. The Morgan fingerprint density at radius 3 is 2.42 bits per heavy atom. The van der Waals surface area contributed by atoms with Gasteiger partial charge in [-0.1, -0.05) is 18.2 Å². The largest absolute Gasteiger partial charge is 0.358 e. The Bertz CT molecular complexity index is 1550. The number of H-pyrrole nitrogens is 1. The molecule has 1 saturated heterocycles. The maximum atomic E-state index is 13.0. The molecule has 1 fully saturated rings. The summed E-state index contributed by atoms with van der Waals surface area (Å²) in [5, 5.41) is 8.82. The molecule has 0 bridgehead atoms. The molecular weight excluding hydrogens is 542 g/mol. The van der Waals surface area contributed by atoms with Crippen molar-refractivity contribution in [3.05, 3.63) is 81.7 Å². The minimum atomic E-state index is -0.238. The van der Waals surface area contributed by atoms with Crippen LogP contribution in [0.25, 0.3) is 11.6 Å². The molecule has 4 N–H and O–H groups in total. The summed E-state index contributed by atoms with van der Waals surface area (Å²) in [6.07, 6.45) is 1.78. The van der Waals surface area contributed by atoms with Crippen molar-refractivity contribution < 1.29 is 14.4 Å². The number of rotatable bonds is 9. The quantitative estimate of drug-likeness (QED) is 0.287. The molecule has 10 heteroatoms. The van der Waals surface area contributed by atoms with Crippen LogP contribution in [0.2, 0.25) is 0 Å². The van der Waals surface area contributed by atoms with Gasteiger partial charge in [0.25, 0.3) is 17.7 Å². The van der Waals surface area contributed by atoms with Gasteiger partial charge in [-0.3, -0.25) is 19.3 Å². The molecular formula is C33H41N7O3. The Labute approximate surface area is 253 Å². The maximum absolute atomic E-state index is 13.0. The van der Waals surface area contributed by atoms with Crippen LogP contribution in [0.3, 0.4) is 0 Å². The zero-order valence-electron chi connectivity index (χ0n) is 25.6. The number of anilines is 2. The van der Waals surface area contributed by atoms with E-state index < -0.39 is 0 Å². The minimum absolute atomic E-state index is 0.140.